The van der Waals surface area contributed by atoms with Gasteiger partial charge in [0.2, 0.25) is 0 Å². The molecule has 12 heavy (non-hydrogen) atoms. The van der Waals surface area contributed by atoms with Crippen LogP contribution < -0.4 is 6.15 Å². The molecule has 0 aromatic heterocycles. The molecule has 0 amide bonds. The molecule has 0 spiro atoms. The second-order valence-electron chi connectivity index (χ2n) is 4.38. The second kappa shape index (κ2) is 4.83. The zero-order chi connectivity index (χ0) is 8.32. The lowest BCUT2D eigenvalue weighted by Crippen LogP contribution is -2.32. The highest BCUT2D eigenvalue weighted by molar-refractivity contribution is 4.82. The summed E-state index contributed by atoms with van der Waals surface area (Å²) < 4.78 is 0. The van der Waals surface area contributed by atoms with Gasteiger partial charge in [0, 0.05) is 0 Å². The van der Waals surface area contributed by atoms with Crippen molar-refractivity contribution in [3.8, 4) is 0 Å². The Hall–Kier alpha value is -0.0800. The van der Waals surface area contributed by atoms with Gasteiger partial charge in [0.15, 0.2) is 0 Å². The SMILES string of the molecule is CC(C)CC1(O)CCCCC1.N. The van der Waals surface area contributed by atoms with Crippen LogP contribution in [0.3, 0.4) is 0 Å². The molecule has 4 N–H and O–H groups in total. The molecule has 0 saturated heterocycles. The summed E-state index contributed by atoms with van der Waals surface area (Å²) in [6.07, 6.45) is 6.83. The molecule has 2 nitrogen and oxygen atoms in total. The third-order valence-corrected chi connectivity index (χ3v) is 2.57. The van der Waals surface area contributed by atoms with Crippen molar-refractivity contribution < 1.29 is 5.11 Å². The van der Waals surface area contributed by atoms with E-state index in [4.69, 9.17) is 0 Å². The summed E-state index contributed by atoms with van der Waals surface area (Å²) >= 11 is 0. The first-order valence-corrected chi connectivity index (χ1v) is 4.85. The minimum atomic E-state index is -0.299. The lowest BCUT2D eigenvalue weighted by Gasteiger charge is -2.33. The van der Waals surface area contributed by atoms with Crippen LogP contribution in [0.4, 0.5) is 0 Å². The fourth-order valence-corrected chi connectivity index (χ4v) is 2.17. The molecule has 1 aliphatic rings. The van der Waals surface area contributed by atoms with Gasteiger partial charge < -0.3 is 11.3 Å². The van der Waals surface area contributed by atoms with Crippen LogP contribution in [0.1, 0.15) is 52.4 Å². The number of hydrogen-bond donors (Lipinski definition) is 2. The molecule has 74 valence electrons. The van der Waals surface area contributed by atoms with Gasteiger partial charge >= 0.3 is 0 Å². The quantitative estimate of drug-likeness (QED) is 0.674. The van der Waals surface area contributed by atoms with Gasteiger partial charge in [-0.25, -0.2) is 0 Å². The van der Waals surface area contributed by atoms with Crippen LogP contribution in [-0.4, -0.2) is 10.7 Å². The molecule has 0 aliphatic heterocycles. The predicted octanol–water partition coefficient (Wildman–Crippen LogP) is 2.89. The van der Waals surface area contributed by atoms with E-state index in [9.17, 15) is 5.11 Å². The van der Waals surface area contributed by atoms with E-state index in [-0.39, 0.29) is 11.8 Å². The Kier molecular flexibility index (Phi) is 4.80. The smallest absolute Gasteiger partial charge is 0.0650 e. The van der Waals surface area contributed by atoms with Gasteiger partial charge in [-0.05, 0) is 25.2 Å². The predicted molar refractivity (Wildman–Crippen MR) is 52.5 cm³/mol. The highest BCUT2D eigenvalue weighted by Gasteiger charge is 2.29. The van der Waals surface area contributed by atoms with Crippen LogP contribution in [0, 0.1) is 5.92 Å². The van der Waals surface area contributed by atoms with E-state index in [1.165, 1.54) is 19.3 Å². The lowest BCUT2D eigenvalue weighted by molar-refractivity contribution is -0.0139. The normalized spacial score (nSPS) is 22.0. The van der Waals surface area contributed by atoms with Crippen LogP contribution in [0.2, 0.25) is 0 Å². The average molecular weight is 173 g/mol. The van der Waals surface area contributed by atoms with Gasteiger partial charge in [-0.1, -0.05) is 33.1 Å². The van der Waals surface area contributed by atoms with Crippen LogP contribution in [0.25, 0.3) is 0 Å². The van der Waals surface area contributed by atoms with E-state index in [0.29, 0.717) is 5.92 Å². The number of rotatable bonds is 2. The molecule has 1 rings (SSSR count). The van der Waals surface area contributed by atoms with Gasteiger partial charge in [0.25, 0.3) is 0 Å². The van der Waals surface area contributed by atoms with Crippen molar-refractivity contribution >= 4 is 0 Å². The maximum absolute atomic E-state index is 10.0. The first-order chi connectivity index (χ1) is 5.12. The molecular formula is C10H23NO. The molecule has 0 aromatic rings. The van der Waals surface area contributed by atoms with E-state index >= 15 is 0 Å². The summed E-state index contributed by atoms with van der Waals surface area (Å²) in [5, 5.41) is 10.0. The third kappa shape index (κ3) is 3.55. The van der Waals surface area contributed by atoms with Crippen molar-refractivity contribution in [2.75, 3.05) is 0 Å². The molecular weight excluding hydrogens is 150 g/mol. The van der Waals surface area contributed by atoms with Gasteiger partial charge in [0.1, 0.15) is 0 Å². The zero-order valence-electron chi connectivity index (χ0n) is 8.47. The summed E-state index contributed by atoms with van der Waals surface area (Å²) in [7, 11) is 0. The molecule has 0 bridgehead atoms. The first-order valence-electron chi connectivity index (χ1n) is 4.85. The fraction of sp³-hybridized carbons (Fsp3) is 1.00. The van der Waals surface area contributed by atoms with Crippen LogP contribution >= 0.6 is 0 Å². The monoisotopic (exact) mass is 173 g/mol. The van der Waals surface area contributed by atoms with E-state index in [2.05, 4.69) is 13.8 Å². The molecule has 1 saturated carbocycles. The standard InChI is InChI=1S/C10H20O.H3N/c1-9(2)8-10(11)6-4-3-5-7-10;/h9,11H,3-8H2,1-2H3;1H3. The summed E-state index contributed by atoms with van der Waals surface area (Å²) in [4.78, 5) is 0. The van der Waals surface area contributed by atoms with Crippen molar-refractivity contribution in [2.24, 2.45) is 5.92 Å². The maximum atomic E-state index is 10.0. The van der Waals surface area contributed by atoms with Crippen molar-refractivity contribution in [1.29, 1.82) is 0 Å². The van der Waals surface area contributed by atoms with Crippen LogP contribution in [-0.2, 0) is 0 Å². The topological polar surface area (TPSA) is 55.2 Å². The number of aliphatic hydroxyl groups is 1. The molecule has 2 heteroatoms. The van der Waals surface area contributed by atoms with Gasteiger partial charge in [-0.3, -0.25) is 0 Å². The zero-order valence-corrected chi connectivity index (χ0v) is 8.47. The minimum absolute atomic E-state index is 0. The molecule has 0 aromatic carbocycles. The lowest BCUT2D eigenvalue weighted by atomic mass is 9.79. The van der Waals surface area contributed by atoms with E-state index < -0.39 is 0 Å². The molecule has 1 fully saturated rings. The van der Waals surface area contributed by atoms with E-state index in [1.807, 2.05) is 0 Å². The summed E-state index contributed by atoms with van der Waals surface area (Å²) in [6, 6.07) is 0. The molecule has 0 unspecified atom stereocenters. The largest absolute Gasteiger partial charge is 0.390 e. The number of hydrogen-bond acceptors (Lipinski definition) is 2. The molecule has 0 atom stereocenters. The molecule has 1 aliphatic carbocycles. The van der Waals surface area contributed by atoms with Gasteiger partial charge in [0.05, 0.1) is 5.60 Å². The Morgan fingerprint density at radius 2 is 1.67 bits per heavy atom. The Morgan fingerprint density at radius 1 is 1.17 bits per heavy atom. The summed E-state index contributed by atoms with van der Waals surface area (Å²) in [5.74, 6) is 0.637. The average Bonchev–Trinajstić information content (AvgIpc) is 1.85. The highest BCUT2D eigenvalue weighted by atomic mass is 16.3. The van der Waals surface area contributed by atoms with Crippen LogP contribution in [0.5, 0.6) is 0 Å². The third-order valence-electron chi connectivity index (χ3n) is 2.57. The van der Waals surface area contributed by atoms with E-state index in [0.717, 1.165) is 19.3 Å². The molecule has 0 radical (unpaired) electrons. The first kappa shape index (κ1) is 11.9. The highest BCUT2D eigenvalue weighted by Crippen LogP contribution is 2.32. The van der Waals surface area contributed by atoms with Crippen molar-refractivity contribution in [3.05, 3.63) is 0 Å². The maximum Gasteiger partial charge on any atom is 0.0650 e. The minimum Gasteiger partial charge on any atom is -0.390 e. The summed E-state index contributed by atoms with van der Waals surface area (Å²) in [5.41, 5.74) is -0.299. The van der Waals surface area contributed by atoms with Crippen molar-refractivity contribution in [3.63, 3.8) is 0 Å². The second-order valence-corrected chi connectivity index (χ2v) is 4.38. The Morgan fingerprint density at radius 3 is 2.08 bits per heavy atom. The Bertz CT molecular complexity index is 117. The summed E-state index contributed by atoms with van der Waals surface area (Å²) in [6.45, 7) is 4.37. The van der Waals surface area contributed by atoms with Crippen molar-refractivity contribution in [2.45, 2.75) is 58.0 Å². The fourth-order valence-electron chi connectivity index (χ4n) is 2.17. The molecule has 0 heterocycles. The van der Waals surface area contributed by atoms with Crippen molar-refractivity contribution in [1.82, 2.24) is 6.15 Å². The van der Waals surface area contributed by atoms with Gasteiger partial charge in [-0.15, -0.1) is 0 Å². The van der Waals surface area contributed by atoms with E-state index in [1.54, 1.807) is 0 Å². The Balaban J connectivity index is 0.00000121. The van der Waals surface area contributed by atoms with Gasteiger partial charge in [-0.2, -0.15) is 0 Å². The Labute approximate surface area is 75.9 Å². The van der Waals surface area contributed by atoms with Crippen LogP contribution in [0.15, 0.2) is 0 Å².